The van der Waals surface area contributed by atoms with Crippen molar-refractivity contribution in [3.8, 4) is 0 Å². The summed E-state index contributed by atoms with van der Waals surface area (Å²) in [5.41, 5.74) is 1.16. The van der Waals surface area contributed by atoms with Gasteiger partial charge in [-0.2, -0.15) is 0 Å². The molecule has 0 saturated heterocycles. The van der Waals surface area contributed by atoms with Gasteiger partial charge in [0.05, 0.1) is 3.74 Å². The molecule has 0 nitrogen and oxygen atoms in total. The molecule has 1 aromatic rings. The van der Waals surface area contributed by atoms with E-state index in [1.54, 1.807) is 0 Å². The molecule has 0 radical (unpaired) electrons. The molecule has 0 amide bonds. The minimum absolute atomic E-state index is 0.170. The molecule has 0 heterocycles. The van der Waals surface area contributed by atoms with E-state index in [2.05, 4.69) is 79.6 Å². The fourth-order valence-corrected chi connectivity index (χ4v) is 3.62. The number of alkyl halides is 2. The standard InChI is InChI=1S/C7H3Br5/c8-4-2-1-3(7(11)12)5(9)6(4)10/h1-2,7H. The van der Waals surface area contributed by atoms with Crippen LogP contribution >= 0.6 is 79.6 Å². The largest absolute Gasteiger partial charge is 0.0957 e. The van der Waals surface area contributed by atoms with Crippen LogP contribution in [0.2, 0.25) is 0 Å². The Kier molecular flexibility index (Phi) is 4.79. The van der Waals surface area contributed by atoms with Crippen LogP contribution in [0.1, 0.15) is 9.30 Å². The molecule has 0 atom stereocenters. The van der Waals surface area contributed by atoms with Crippen molar-refractivity contribution in [2.45, 2.75) is 3.74 Å². The number of benzene rings is 1. The van der Waals surface area contributed by atoms with E-state index in [4.69, 9.17) is 0 Å². The Morgan fingerprint density at radius 3 is 2.00 bits per heavy atom. The lowest BCUT2D eigenvalue weighted by atomic mass is 10.2. The first kappa shape index (κ1) is 11.7. The zero-order chi connectivity index (χ0) is 9.30. The molecule has 0 aromatic heterocycles. The molecule has 12 heavy (non-hydrogen) atoms. The lowest BCUT2D eigenvalue weighted by molar-refractivity contribution is 1.35. The summed E-state index contributed by atoms with van der Waals surface area (Å²) in [4.78, 5) is 0. The van der Waals surface area contributed by atoms with Gasteiger partial charge >= 0.3 is 0 Å². The summed E-state index contributed by atoms with van der Waals surface area (Å²) in [6.45, 7) is 0. The fourth-order valence-electron chi connectivity index (χ4n) is 0.709. The molecule has 0 saturated carbocycles. The van der Waals surface area contributed by atoms with Gasteiger partial charge in [0, 0.05) is 13.4 Å². The van der Waals surface area contributed by atoms with Crippen LogP contribution in [0, 0.1) is 0 Å². The zero-order valence-corrected chi connectivity index (χ0v) is 13.6. The van der Waals surface area contributed by atoms with Gasteiger partial charge in [-0.3, -0.25) is 0 Å². The van der Waals surface area contributed by atoms with Gasteiger partial charge in [0.1, 0.15) is 0 Å². The summed E-state index contributed by atoms with van der Waals surface area (Å²) < 4.78 is 3.29. The van der Waals surface area contributed by atoms with Crippen LogP contribution < -0.4 is 0 Å². The predicted molar refractivity (Wildman–Crippen MR) is 70.1 cm³/mol. The maximum atomic E-state index is 3.49. The maximum Gasteiger partial charge on any atom is 0.0957 e. The Bertz CT molecular complexity index is 294. The Morgan fingerprint density at radius 1 is 0.917 bits per heavy atom. The molecule has 0 N–H and O–H groups in total. The highest BCUT2D eigenvalue weighted by atomic mass is 79.9. The maximum absolute atomic E-state index is 3.49. The van der Waals surface area contributed by atoms with Crippen molar-refractivity contribution in [2.75, 3.05) is 0 Å². The predicted octanol–water partition coefficient (Wildman–Crippen LogP) is 5.76. The summed E-state index contributed by atoms with van der Waals surface area (Å²) in [7, 11) is 0. The minimum Gasteiger partial charge on any atom is -0.0712 e. The normalized spacial score (nSPS) is 10.8. The number of hydrogen-bond donors (Lipinski definition) is 0. The SMILES string of the molecule is Brc1ccc(C(Br)Br)c(Br)c1Br. The molecule has 0 spiro atoms. The molecule has 1 rings (SSSR count). The highest BCUT2D eigenvalue weighted by molar-refractivity contribution is 9.24. The average Bonchev–Trinajstić information content (AvgIpc) is 2.00. The van der Waals surface area contributed by atoms with E-state index in [9.17, 15) is 0 Å². The van der Waals surface area contributed by atoms with Crippen molar-refractivity contribution < 1.29 is 0 Å². The van der Waals surface area contributed by atoms with Gasteiger partial charge in [-0.05, 0) is 59.4 Å². The van der Waals surface area contributed by atoms with Crippen LogP contribution in [0.25, 0.3) is 0 Å². The van der Waals surface area contributed by atoms with Gasteiger partial charge in [-0.25, -0.2) is 0 Å². The van der Waals surface area contributed by atoms with E-state index in [0.717, 1.165) is 19.0 Å². The van der Waals surface area contributed by atoms with Crippen molar-refractivity contribution in [3.05, 3.63) is 31.1 Å². The van der Waals surface area contributed by atoms with Crippen molar-refractivity contribution in [2.24, 2.45) is 0 Å². The molecule has 0 unspecified atom stereocenters. The third-order valence-corrected chi connectivity index (χ3v) is 5.69. The van der Waals surface area contributed by atoms with Crippen LogP contribution in [0.3, 0.4) is 0 Å². The third-order valence-electron chi connectivity index (χ3n) is 1.30. The smallest absolute Gasteiger partial charge is 0.0712 e. The first-order chi connectivity index (χ1) is 5.54. The van der Waals surface area contributed by atoms with Crippen LogP contribution in [0.15, 0.2) is 25.6 Å². The zero-order valence-electron chi connectivity index (χ0n) is 5.62. The lowest BCUT2D eigenvalue weighted by Crippen LogP contribution is -1.84. The lowest BCUT2D eigenvalue weighted by Gasteiger charge is -2.08. The Morgan fingerprint density at radius 2 is 1.50 bits per heavy atom. The first-order valence-electron chi connectivity index (χ1n) is 2.95. The third kappa shape index (κ3) is 2.56. The molecule has 5 heteroatoms. The molecule has 0 aliphatic carbocycles. The topological polar surface area (TPSA) is 0 Å². The van der Waals surface area contributed by atoms with E-state index < -0.39 is 0 Å². The minimum atomic E-state index is 0.170. The molecule has 0 aliphatic heterocycles. The van der Waals surface area contributed by atoms with Crippen molar-refractivity contribution in [1.29, 1.82) is 0 Å². The van der Waals surface area contributed by atoms with Crippen LogP contribution in [0.4, 0.5) is 0 Å². The number of hydrogen-bond acceptors (Lipinski definition) is 0. The molecule has 1 aromatic carbocycles. The van der Waals surface area contributed by atoms with Crippen molar-refractivity contribution in [3.63, 3.8) is 0 Å². The second-order valence-electron chi connectivity index (χ2n) is 2.07. The molecule has 0 bridgehead atoms. The van der Waals surface area contributed by atoms with Crippen LogP contribution in [-0.4, -0.2) is 0 Å². The van der Waals surface area contributed by atoms with Crippen molar-refractivity contribution in [1.82, 2.24) is 0 Å². The van der Waals surface area contributed by atoms with Gasteiger partial charge in [0.15, 0.2) is 0 Å². The van der Waals surface area contributed by atoms with E-state index in [0.29, 0.717) is 0 Å². The Balaban J connectivity index is 3.27. The van der Waals surface area contributed by atoms with Gasteiger partial charge < -0.3 is 0 Å². The summed E-state index contributed by atoms with van der Waals surface area (Å²) >= 11 is 17.3. The molecular weight excluding hydrogens is 484 g/mol. The second kappa shape index (κ2) is 4.91. The van der Waals surface area contributed by atoms with Gasteiger partial charge in [-0.1, -0.05) is 37.9 Å². The average molecular weight is 487 g/mol. The van der Waals surface area contributed by atoms with Crippen molar-refractivity contribution >= 4 is 79.6 Å². The van der Waals surface area contributed by atoms with E-state index >= 15 is 0 Å². The summed E-state index contributed by atoms with van der Waals surface area (Å²) in [5.74, 6) is 0. The van der Waals surface area contributed by atoms with Gasteiger partial charge in [0.2, 0.25) is 0 Å². The van der Waals surface area contributed by atoms with E-state index in [-0.39, 0.29) is 3.74 Å². The summed E-state index contributed by atoms with van der Waals surface area (Å²) in [6, 6.07) is 4.03. The quantitative estimate of drug-likeness (QED) is 0.350. The monoisotopic (exact) mass is 482 g/mol. The van der Waals surface area contributed by atoms with Gasteiger partial charge in [-0.15, -0.1) is 0 Å². The van der Waals surface area contributed by atoms with E-state index in [1.165, 1.54) is 0 Å². The van der Waals surface area contributed by atoms with Crippen LogP contribution in [-0.2, 0) is 0 Å². The molecule has 66 valence electrons. The summed E-state index contributed by atoms with van der Waals surface area (Å²) in [5, 5.41) is 0. The van der Waals surface area contributed by atoms with Crippen LogP contribution in [0.5, 0.6) is 0 Å². The molecular formula is C7H3Br5. The number of halogens is 5. The highest BCUT2D eigenvalue weighted by Crippen LogP contribution is 2.40. The van der Waals surface area contributed by atoms with Gasteiger partial charge in [0.25, 0.3) is 0 Å². The second-order valence-corrected chi connectivity index (χ2v) is 7.57. The molecule has 0 fully saturated rings. The first-order valence-corrected chi connectivity index (χ1v) is 7.16. The summed E-state index contributed by atoms with van der Waals surface area (Å²) in [6.07, 6.45) is 0. The Labute approximate surface area is 113 Å². The Hall–Kier alpha value is 1.62. The van der Waals surface area contributed by atoms with E-state index in [1.807, 2.05) is 12.1 Å². The highest BCUT2D eigenvalue weighted by Gasteiger charge is 2.11. The molecule has 0 aliphatic rings. The fraction of sp³-hybridized carbons (Fsp3) is 0.143. The number of rotatable bonds is 1.